The van der Waals surface area contributed by atoms with Crippen molar-refractivity contribution in [3.63, 3.8) is 0 Å². The van der Waals surface area contributed by atoms with Crippen LogP contribution in [0.3, 0.4) is 0 Å². The average Bonchev–Trinajstić information content (AvgIpc) is 2.36. The predicted octanol–water partition coefficient (Wildman–Crippen LogP) is 1.13. The highest BCUT2D eigenvalue weighted by atomic mass is 127. The van der Waals surface area contributed by atoms with Crippen LogP contribution in [0.5, 0.6) is 5.75 Å². The third-order valence-electron chi connectivity index (χ3n) is 2.23. The summed E-state index contributed by atoms with van der Waals surface area (Å²) in [5, 5.41) is 2.89. The molecule has 0 aliphatic heterocycles. The van der Waals surface area contributed by atoms with Crippen molar-refractivity contribution in [1.82, 2.24) is 4.90 Å². The number of nitrogens with zero attached hydrogens (tertiary/aromatic N) is 2. The van der Waals surface area contributed by atoms with Crippen molar-refractivity contribution >= 4 is 41.5 Å². The first-order valence-corrected chi connectivity index (χ1v) is 5.44. The monoisotopic (exact) mass is 378 g/mol. The number of likely N-dealkylation sites (N-methyl/N-ethyl adjacent to an activating group) is 1. The summed E-state index contributed by atoms with van der Waals surface area (Å²) in [4.78, 5) is 16.7. The molecule has 0 fully saturated rings. The third kappa shape index (κ3) is 6.27. The van der Waals surface area contributed by atoms with Crippen LogP contribution >= 0.6 is 24.0 Å². The van der Waals surface area contributed by atoms with Gasteiger partial charge in [0.15, 0.2) is 5.96 Å². The lowest BCUT2D eigenvalue weighted by atomic mass is 10.3. The van der Waals surface area contributed by atoms with Crippen LogP contribution in [-0.4, -0.2) is 44.5 Å². The van der Waals surface area contributed by atoms with Crippen LogP contribution < -0.4 is 15.8 Å². The number of anilines is 1. The number of hydrogen-bond acceptors (Lipinski definition) is 3. The summed E-state index contributed by atoms with van der Waals surface area (Å²) in [6, 6.07) is 7.28. The first-order valence-electron chi connectivity index (χ1n) is 5.44. The van der Waals surface area contributed by atoms with E-state index in [9.17, 15) is 4.79 Å². The summed E-state index contributed by atoms with van der Waals surface area (Å²) in [5.41, 5.74) is 6.43. The van der Waals surface area contributed by atoms with E-state index >= 15 is 0 Å². The molecule has 0 spiro atoms. The number of ether oxygens (including phenoxy) is 1. The van der Waals surface area contributed by atoms with Gasteiger partial charge in [0.2, 0.25) is 5.91 Å². The Bertz CT molecular complexity index is 449. The molecule has 7 heteroatoms. The van der Waals surface area contributed by atoms with Gasteiger partial charge in [0.25, 0.3) is 0 Å². The first-order chi connectivity index (χ1) is 8.52. The molecule has 0 aliphatic carbocycles. The maximum Gasteiger partial charge on any atom is 0.243 e. The van der Waals surface area contributed by atoms with Crippen LogP contribution in [0.4, 0.5) is 5.69 Å². The topological polar surface area (TPSA) is 80.0 Å². The van der Waals surface area contributed by atoms with E-state index < -0.39 is 0 Å². The lowest BCUT2D eigenvalue weighted by Crippen LogP contribution is -2.28. The molecule has 6 nitrogen and oxygen atoms in total. The molecule has 0 bridgehead atoms. The van der Waals surface area contributed by atoms with E-state index in [0.29, 0.717) is 0 Å². The molecule has 3 N–H and O–H groups in total. The van der Waals surface area contributed by atoms with Gasteiger partial charge in [-0.3, -0.25) is 4.79 Å². The molecule has 1 rings (SSSR count). The van der Waals surface area contributed by atoms with E-state index in [1.54, 1.807) is 27.3 Å². The van der Waals surface area contributed by atoms with Crippen molar-refractivity contribution in [2.45, 2.75) is 0 Å². The number of hydrogen-bond donors (Lipinski definition) is 2. The summed E-state index contributed by atoms with van der Waals surface area (Å²) in [6.45, 7) is 0.0236. The number of nitrogens with one attached hydrogen (secondary N) is 1. The van der Waals surface area contributed by atoms with Crippen LogP contribution in [0.15, 0.2) is 29.3 Å². The smallest absolute Gasteiger partial charge is 0.243 e. The Hall–Kier alpha value is -1.51. The lowest BCUT2D eigenvalue weighted by molar-refractivity contribution is -0.127. The highest BCUT2D eigenvalue weighted by Crippen LogP contribution is 2.16. The Morgan fingerprint density at radius 3 is 2.74 bits per heavy atom. The second kappa shape index (κ2) is 8.57. The molecule has 0 aliphatic rings. The molecule has 0 saturated heterocycles. The molecule has 19 heavy (non-hydrogen) atoms. The highest BCUT2D eigenvalue weighted by Gasteiger charge is 2.02. The second-order valence-electron chi connectivity index (χ2n) is 3.85. The molecule has 0 atom stereocenters. The van der Waals surface area contributed by atoms with Gasteiger partial charge in [-0.25, -0.2) is 4.99 Å². The molecule has 0 radical (unpaired) electrons. The van der Waals surface area contributed by atoms with Gasteiger partial charge in [0, 0.05) is 25.8 Å². The van der Waals surface area contributed by atoms with Gasteiger partial charge in [-0.05, 0) is 12.1 Å². The summed E-state index contributed by atoms with van der Waals surface area (Å²) in [5.74, 6) is 0.806. The molecular weight excluding hydrogens is 359 g/mol. The Morgan fingerprint density at radius 2 is 2.16 bits per heavy atom. The van der Waals surface area contributed by atoms with Gasteiger partial charge in [0.05, 0.1) is 7.11 Å². The molecule has 1 amide bonds. The Kier molecular flexibility index (Phi) is 7.89. The average molecular weight is 378 g/mol. The molecular formula is C12H19IN4O2. The summed E-state index contributed by atoms with van der Waals surface area (Å²) >= 11 is 0. The highest BCUT2D eigenvalue weighted by molar-refractivity contribution is 14.0. The van der Waals surface area contributed by atoms with E-state index in [2.05, 4.69) is 10.3 Å². The van der Waals surface area contributed by atoms with E-state index in [1.165, 1.54) is 4.90 Å². The van der Waals surface area contributed by atoms with Crippen molar-refractivity contribution in [2.75, 3.05) is 33.1 Å². The lowest BCUT2D eigenvalue weighted by Gasteiger charge is -2.09. The summed E-state index contributed by atoms with van der Waals surface area (Å²) in [7, 11) is 4.93. The van der Waals surface area contributed by atoms with Gasteiger partial charge in [-0.2, -0.15) is 0 Å². The number of halogens is 1. The number of carbonyl (C=O) groups is 1. The van der Waals surface area contributed by atoms with E-state index in [1.807, 2.05) is 18.2 Å². The van der Waals surface area contributed by atoms with Gasteiger partial charge >= 0.3 is 0 Å². The number of nitrogens with two attached hydrogens (primary N) is 1. The number of rotatable bonds is 4. The van der Waals surface area contributed by atoms with Crippen LogP contribution in [0, 0.1) is 0 Å². The molecule has 106 valence electrons. The molecule has 0 saturated carbocycles. The summed E-state index contributed by atoms with van der Waals surface area (Å²) in [6.07, 6.45) is 0. The second-order valence-corrected chi connectivity index (χ2v) is 3.85. The molecule has 1 aromatic rings. The Labute approximate surface area is 130 Å². The van der Waals surface area contributed by atoms with Crippen LogP contribution in [0.2, 0.25) is 0 Å². The largest absolute Gasteiger partial charge is 0.497 e. The summed E-state index contributed by atoms with van der Waals surface area (Å²) < 4.78 is 5.08. The number of aliphatic imine (C=N–C) groups is 1. The number of amides is 1. The number of benzene rings is 1. The molecule has 1 aromatic carbocycles. The maximum atomic E-state index is 11.3. The fourth-order valence-electron chi connectivity index (χ4n) is 1.18. The molecule has 0 aromatic heterocycles. The van der Waals surface area contributed by atoms with Crippen molar-refractivity contribution < 1.29 is 9.53 Å². The SMILES string of the molecule is COc1cccc(NC(N)=NCC(=O)N(C)C)c1.I. The van der Waals surface area contributed by atoms with Gasteiger partial charge in [-0.1, -0.05) is 6.07 Å². The van der Waals surface area contributed by atoms with Crippen LogP contribution in [-0.2, 0) is 4.79 Å². The van der Waals surface area contributed by atoms with Crippen molar-refractivity contribution in [3.8, 4) is 5.75 Å². The van der Waals surface area contributed by atoms with E-state index in [-0.39, 0.29) is 42.4 Å². The van der Waals surface area contributed by atoms with Gasteiger partial charge in [0.1, 0.15) is 12.3 Å². The maximum absolute atomic E-state index is 11.3. The minimum atomic E-state index is -0.106. The zero-order valence-electron chi connectivity index (χ0n) is 11.2. The minimum Gasteiger partial charge on any atom is -0.497 e. The predicted molar refractivity (Wildman–Crippen MR) is 87.2 cm³/mol. The van der Waals surface area contributed by atoms with E-state index in [4.69, 9.17) is 10.5 Å². The number of methoxy groups -OCH3 is 1. The van der Waals surface area contributed by atoms with Crippen molar-refractivity contribution in [2.24, 2.45) is 10.7 Å². The molecule has 0 unspecified atom stereocenters. The van der Waals surface area contributed by atoms with Crippen LogP contribution in [0.1, 0.15) is 0 Å². The van der Waals surface area contributed by atoms with Crippen LogP contribution in [0.25, 0.3) is 0 Å². The Balaban J connectivity index is 0.00000324. The first kappa shape index (κ1) is 17.5. The third-order valence-corrected chi connectivity index (χ3v) is 2.23. The minimum absolute atomic E-state index is 0. The standard InChI is InChI=1S/C12H18N4O2.HI/c1-16(2)11(17)8-14-12(13)15-9-5-4-6-10(7-9)18-3;/h4-7H,8H2,1-3H3,(H3,13,14,15);1H. The van der Waals surface area contributed by atoms with Crippen molar-refractivity contribution in [3.05, 3.63) is 24.3 Å². The Morgan fingerprint density at radius 1 is 1.47 bits per heavy atom. The molecule has 0 heterocycles. The van der Waals surface area contributed by atoms with Gasteiger partial charge < -0.3 is 20.7 Å². The fraction of sp³-hybridized carbons (Fsp3) is 0.333. The normalized spacial score (nSPS) is 10.4. The van der Waals surface area contributed by atoms with Crippen molar-refractivity contribution in [1.29, 1.82) is 0 Å². The fourth-order valence-corrected chi connectivity index (χ4v) is 1.18. The number of carbonyl (C=O) groups excluding carboxylic acids is 1. The zero-order chi connectivity index (χ0) is 13.5. The number of guanidine groups is 1. The van der Waals surface area contributed by atoms with E-state index in [0.717, 1.165) is 11.4 Å². The van der Waals surface area contributed by atoms with Gasteiger partial charge in [-0.15, -0.1) is 24.0 Å². The quantitative estimate of drug-likeness (QED) is 0.468. The zero-order valence-corrected chi connectivity index (χ0v) is 13.5.